The normalized spacial score (nSPS) is 11.7. The molecule has 3 aromatic rings. The van der Waals surface area contributed by atoms with Gasteiger partial charge in [-0.25, -0.2) is 5.43 Å². The summed E-state index contributed by atoms with van der Waals surface area (Å²) in [5.74, 6) is -0.360. The van der Waals surface area contributed by atoms with Crippen LogP contribution in [0, 0.1) is 0 Å². The molecule has 0 atom stereocenters. The highest BCUT2D eigenvalue weighted by atomic mass is 35.5. The molecule has 1 heterocycles. The molecule has 0 spiro atoms. The first kappa shape index (κ1) is 17.6. The Hall–Kier alpha value is -3.18. The number of H-pyrrole nitrogens is 1. The molecule has 0 radical (unpaired) electrons. The fourth-order valence-corrected chi connectivity index (χ4v) is 2.43. The van der Waals surface area contributed by atoms with Crippen molar-refractivity contribution in [3.63, 3.8) is 0 Å². The van der Waals surface area contributed by atoms with Crippen LogP contribution >= 0.6 is 11.6 Å². The summed E-state index contributed by atoms with van der Waals surface area (Å²) in [5, 5.41) is 11.5. The van der Waals surface area contributed by atoms with Crippen LogP contribution in [0.4, 0.5) is 0 Å². The highest BCUT2D eigenvalue weighted by Gasteiger charge is 2.10. The van der Waals surface area contributed by atoms with Gasteiger partial charge in [0.2, 0.25) is 0 Å². The van der Waals surface area contributed by atoms with Crippen molar-refractivity contribution in [2.75, 3.05) is 0 Å². The van der Waals surface area contributed by atoms with Gasteiger partial charge in [0.05, 0.1) is 11.9 Å². The van der Waals surface area contributed by atoms with Crippen LogP contribution in [0.1, 0.15) is 23.0 Å². The van der Waals surface area contributed by atoms with Gasteiger partial charge in [-0.1, -0.05) is 60.1 Å². The third-order valence-electron chi connectivity index (χ3n) is 3.59. The number of halogens is 1. The molecule has 0 aliphatic heterocycles. The molecule has 1 aromatic heterocycles. The average Bonchev–Trinajstić information content (AvgIpc) is 3.13. The minimum absolute atomic E-state index is 0.330. The predicted molar refractivity (Wildman–Crippen MR) is 105 cm³/mol. The third-order valence-corrected chi connectivity index (χ3v) is 3.84. The number of carbonyl (C=O) groups excluding carboxylic acids is 1. The number of nitrogens with zero attached hydrogens (tertiary/aromatic N) is 2. The molecule has 0 fully saturated rings. The lowest BCUT2D eigenvalue weighted by Crippen LogP contribution is -2.17. The number of aromatic nitrogens is 2. The van der Waals surface area contributed by atoms with E-state index < -0.39 is 0 Å². The third kappa shape index (κ3) is 4.68. The smallest absolute Gasteiger partial charge is 0.272 e. The minimum atomic E-state index is -0.360. The molecular weight excluding hydrogens is 348 g/mol. The Labute approximate surface area is 156 Å². The van der Waals surface area contributed by atoms with Gasteiger partial charge in [0.25, 0.3) is 5.91 Å². The van der Waals surface area contributed by atoms with E-state index in [0.29, 0.717) is 16.4 Å². The summed E-state index contributed by atoms with van der Waals surface area (Å²) in [5.41, 5.74) is 6.34. The van der Waals surface area contributed by atoms with E-state index in [1.807, 2.05) is 55.5 Å². The summed E-state index contributed by atoms with van der Waals surface area (Å²) in [6.45, 7) is 1.91. The zero-order valence-electron chi connectivity index (χ0n) is 14.1. The highest BCUT2D eigenvalue weighted by molar-refractivity contribution is 6.30. The number of rotatable bonds is 5. The Morgan fingerprint density at radius 2 is 1.88 bits per heavy atom. The van der Waals surface area contributed by atoms with Crippen LogP contribution in [0.2, 0.25) is 5.02 Å². The molecule has 0 saturated heterocycles. The van der Waals surface area contributed by atoms with Crippen molar-refractivity contribution < 1.29 is 4.79 Å². The summed E-state index contributed by atoms with van der Waals surface area (Å²) in [6, 6.07) is 18.8. The van der Waals surface area contributed by atoms with Gasteiger partial charge in [0.15, 0.2) is 0 Å². The van der Waals surface area contributed by atoms with Crippen LogP contribution in [-0.2, 0) is 0 Å². The molecule has 3 rings (SSSR count). The molecule has 0 aliphatic rings. The molecular formula is C20H17ClN4O. The number of allylic oxidation sites excluding steroid dienone is 1. The average molecular weight is 365 g/mol. The molecule has 130 valence electrons. The largest absolute Gasteiger partial charge is 0.289 e. The summed E-state index contributed by atoms with van der Waals surface area (Å²) in [6.07, 6.45) is 3.58. The molecule has 1 amide bonds. The number of hydrogen-bond acceptors (Lipinski definition) is 3. The van der Waals surface area contributed by atoms with Crippen molar-refractivity contribution in [3.8, 4) is 11.3 Å². The van der Waals surface area contributed by atoms with Crippen molar-refractivity contribution in [1.82, 2.24) is 15.6 Å². The van der Waals surface area contributed by atoms with Crippen LogP contribution in [0.25, 0.3) is 17.3 Å². The Bertz CT molecular complexity index is 943. The standard InChI is InChI=1S/C20H17ClN4O/c1-14(11-15-5-3-2-4-6-15)13-22-25-20(26)19-12-18(23-24-19)16-7-9-17(21)10-8-16/h2-13H,1H3,(H,23,24)(H,25,26). The van der Waals surface area contributed by atoms with Gasteiger partial charge in [-0.3, -0.25) is 9.89 Å². The Morgan fingerprint density at radius 3 is 2.62 bits per heavy atom. The number of hydrazone groups is 1. The maximum Gasteiger partial charge on any atom is 0.289 e. The molecule has 2 N–H and O–H groups in total. The second-order valence-electron chi connectivity index (χ2n) is 5.67. The second-order valence-corrected chi connectivity index (χ2v) is 6.11. The first-order valence-electron chi connectivity index (χ1n) is 8.00. The molecule has 5 nitrogen and oxygen atoms in total. The fourth-order valence-electron chi connectivity index (χ4n) is 2.31. The van der Waals surface area contributed by atoms with Crippen LogP contribution in [0.15, 0.2) is 71.3 Å². The van der Waals surface area contributed by atoms with Crippen molar-refractivity contribution in [2.45, 2.75) is 6.92 Å². The topological polar surface area (TPSA) is 70.1 Å². The summed E-state index contributed by atoms with van der Waals surface area (Å²) in [7, 11) is 0. The van der Waals surface area contributed by atoms with Gasteiger partial charge in [-0.05, 0) is 36.3 Å². The Morgan fingerprint density at radius 1 is 1.15 bits per heavy atom. The monoisotopic (exact) mass is 364 g/mol. The van der Waals surface area contributed by atoms with Gasteiger partial charge in [0.1, 0.15) is 5.69 Å². The van der Waals surface area contributed by atoms with Gasteiger partial charge in [-0.15, -0.1) is 0 Å². The minimum Gasteiger partial charge on any atom is -0.272 e. The van der Waals surface area contributed by atoms with Gasteiger partial charge in [-0.2, -0.15) is 10.2 Å². The van der Waals surface area contributed by atoms with E-state index in [-0.39, 0.29) is 5.91 Å². The van der Waals surface area contributed by atoms with Crippen molar-refractivity contribution in [2.24, 2.45) is 5.10 Å². The molecule has 0 aliphatic carbocycles. The van der Waals surface area contributed by atoms with Gasteiger partial charge in [0, 0.05) is 10.6 Å². The van der Waals surface area contributed by atoms with E-state index >= 15 is 0 Å². The van der Waals surface area contributed by atoms with E-state index in [2.05, 4.69) is 20.7 Å². The lowest BCUT2D eigenvalue weighted by atomic mass is 10.1. The van der Waals surface area contributed by atoms with Crippen LogP contribution in [-0.4, -0.2) is 22.3 Å². The van der Waals surface area contributed by atoms with Crippen LogP contribution < -0.4 is 5.43 Å². The highest BCUT2D eigenvalue weighted by Crippen LogP contribution is 2.20. The summed E-state index contributed by atoms with van der Waals surface area (Å²) < 4.78 is 0. The molecule has 0 saturated carbocycles. The van der Waals surface area contributed by atoms with Gasteiger partial charge >= 0.3 is 0 Å². The van der Waals surface area contributed by atoms with Crippen molar-refractivity contribution >= 4 is 29.8 Å². The molecule has 0 unspecified atom stereocenters. The Balaban J connectivity index is 1.62. The molecule has 0 bridgehead atoms. The Kier molecular flexibility index (Phi) is 5.61. The molecule has 6 heteroatoms. The number of hydrogen-bond donors (Lipinski definition) is 2. The van der Waals surface area contributed by atoms with E-state index in [9.17, 15) is 4.79 Å². The van der Waals surface area contributed by atoms with E-state index in [4.69, 9.17) is 11.6 Å². The lowest BCUT2D eigenvalue weighted by Gasteiger charge is -1.97. The van der Waals surface area contributed by atoms with Gasteiger partial charge < -0.3 is 0 Å². The summed E-state index contributed by atoms with van der Waals surface area (Å²) in [4.78, 5) is 12.1. The number of aromatic amines is 1. The fraction of sp³-hybridized carbons (Fsp3) is 0.0500. The van der Waals surface area contributed by atoms with E-state index in [1.165, 1.54) is 0 Å². The zero-order chi connectivity index (χ0) is 18.4. The molecule has 2 aromatic carbocycles. The number of nitrogens with one attached hydrogen (secondary N) is 2. The quantitative estimate of drug-likeness (QED) is 0.515. The zero-order valence-corrected chi connectivity index (χ0v) is 14.9. The maximum absolute atomic E-state index is 12.1. The number of benzene rings is 2. The first-order valence-corrected chi connectivity index (χ1v) is 8.38. The first-order chi connectivity index (χ1) is 12.6. The van der Waals surface area contributed by atoms with Crippen molar-refractivity contribution in [1.29, 1.82) is 0 Å². The van der Waals surface area contributed by atoms with E-state index in [1.54, 1.807) is 24.4 Å². The second kappa shape index (κ2) is 8.27. The van der Waals surface area contributed by atoms with Crippen LogP contribution in [0.3, 0.4) is 0 Å². The number of carbonyl (C=O) groups is 1. The lowest BCUT2D eigenvalue weighted by molar-refractivity contribution is 0.0950. The van der Waals surface area contributed by atoms with Crippen molar-refractivity contribution in [3.05, 3.63) is 82.5 Å². The van der Waals surface area contributed by atoms with Crippen LogP contribution in [0.5, 0.6) is 0 Å². The summed E-state index contributed by atoms with van der Waals surface area (Å²) >= 11 is 5.88. The van der Waals surface area contributed by atoms with E-state index in [0.717, 1.165) is 16.7 Å². The predicted octanol–water partition coefficient (Wildman–Crippen LogP) is 4.55. The SMILES string of the molecule is CC(C=NNC(=O)c1cc(-c2ccc(Cl)cc2)n[nH]1)=Cc1ccccc1. The number of amides is 1. The molecule has 26 heavy (non-hydrogen) atoms. The maximum atomic E-state index is 12.1.